The molecule has 0 N–H and O–H groups in total. The summed E-state index contributed by atoms with van der Waals surface area (Å²) in [6, 6.07) is 0. The van der Waals surface area contributed by atoms with Gasteiger partial charge in [-0.2, -0.15) is 0 Å². The average molecular weight is 298 g/mol. The summed E-state index contributed by atoms with van der Waals surface area (Å²) < 4.78 is 0. The lowest BCUT2D eigenvalue weighted by molar-refractivity contribution is 0.533. The minimum absolute atomic E-state index is 1.27. The highest BCUT2D eigenvalue weighted by Gasteiger charge is 1.93. The van der Waals surface area contributed by atoms with Crippen LogP contribution in [0.25, 0.3) is 0 Å². The van der Waals surface area contributed by atoms with Crippen molar-refractivity contribution in [1.82, 2.24) is 0 Å². The molecule has 0 heterocycles. The van der Waals surface area contributed by atoms with Crippen molar-refractivity contribution in [3.05, 3.63) is 11.9 Å². The van der Waals surface area contributed by atoms with Crippen molar-refractivity contribution in [3.63, 3.8) is 0 Å². The highest BCUT2D eigenvalue weighted by Crippen LogP contribution is 2.13. The maximum absolute atomic E-state index is 2.65. The van der Waals surface area contributed by atoms with Crippen LogP contribution >= 0.6 is 9.24 Å². The normalized spacial score (nSPS) is 11.5. The first-order valence-corrected chi connectivity index (χ1v) is 9.95. The van der Waals surface area contributed by atoms with Gasteiger partial charge in [0, 0.05) is 0 Å². The largest absolute Gasteiger partial charge is 0.114 e. The van der Waals surface area contributed by atoms with Crippen molar-refractivity contribution in [2.24, 2.45) is 0 Å². The lowest BCUT2D eigenvalue weighted by Gasteiger charge is -2.03. The zero-order valence-electron chi connectivity index (χ0n) is 14.0. The molecule has 1 unspecified atom stereocenters. The molecule has 0 fully saturated rings. The molecule has 0 aliphatic heterocycles. The predicted molar refractivity (Wildman–Crippen MR) is 98.4 cm³/mol. The molecule has 0 aliphatic rings. The van der Waals surface area contributed by atoms with Crippen molar-refractivity contribution >= 4 is 9.24 Å². The van der Waals surface area contributed by atoms with E-state index in [1.165, 1.54) is 103 Å². The number of hydrogen-bond donors (Lipinski definition) is 0. The second kappa shape index (κ2) is 19.2. The zero-order chi connectivity index (χ0) is 14.7. The SMILES string of the molecule is CCCCCCCCCCCCCCCCCC=CP. The summed E-state index contributed by atoms with van der Waals surface area (Å²) in [5, 5.41) is 0. The standard InChI is InChI=1S/C19H39P/c1-2-3-4-5-6-7-8-9-10-11-12-13-14-15-16-17-18-19-20/h18-19H,2-17,20H2,1H3. The Morgan fingerprint density at radius 2 is 0.900 bits per heavy atom. The van der Waals surface area contributed by atoms with Gasteiger partial charge in [0.25, 0.3) is 0 Å². The zero-order valence-corrected chi connectivity index (χ0v) is 15.2. The van der Waals surface area contributed by atoms with Gasteiger partial charge in [-0.25, -0.2) is 0 Å². The minimum atomic E-state index is 1.27. The third-order valence-electron chi connectivity index (χ3n) is 4.11. The summed E-state index contributed by atoms with van der Waals surface area (Å²) in [4.78, 5) is 0. The summed E-state index contributed by atoms with van der Waals surface area (Å²) in [6.45, 7) is 2.29. The van der Waals surface area contributed by atoms with Crippen LogP contribution in [0, 0.1) is 0 Å². The van der Waals surface area contributed by atoms with E-state index < -0.39 is 0 Å². The van der Waals surface area contributed by atoms with Gasteiger partial charge < -0.3 is 0 Å². The molecule has 0 radical (unpaired) electrons. The van der Waals surface area contributed by atoms with Crippen LogP contribution in [0.1, 0.15) is 110 Å². The van der Waals surface area contributed by atoms with Crippen molar-refractivity contribution in [2.75, 3.05) is 0 Å². The lowest BCUT2D eigenvalue weighted by Crippen LogP contribution is -1.83. The predicted octanol–water partition coefficient (Wildman–Crippen LogP) is 7.64. The van der Waals surface area contributed by atoms with Crippen molar-refractivity contribution in [1.29, 1.82) is 0 Å². The summed E-state index contributed by atoms with van der Waals surface area (Å²) >= 11 is 0. The molecule has 0 nitrogen and oxygen atoms in total. The Morgan fingerprint density at radius 3 is 1.25 bits per heavy atom. The number of hydrogen-bond acceptors (Lipinski definition) is 0. The van der Waals surface area contributed by atoms with Gasteiger partial charge in [-0.1, -0.05) is 109 Å². The maximum Gasteiger partial charge on any atom is -0.0347 e. The Hall–Kier alpha value is 0.170. The molecule has 0 amide bonds. The smallest absolute Gasteiger partial charge is 0.0347 e. The summed E-state index contributed by atoms with van der Waals surface area (Å²) in [5.41, 5.74) is 0. The fourth-order valence-corrected chi connectivity index (χ4v) is 2.92. The first kappa shape index (κ1) is 20.2. The summed E-state index contributed by atoms with van der Waals surface area (Å²) in [5.74, 6) is 2.09. The molecule has 0 saturated heterocycles. The van der Waals surface area contributed by atoms with Gasteiger partial charge in [0.05, 0.1) is 0 Å². The lowest BCUT2D eigenvalue weighted by atomic mass is 10.0. The molecule has 0 spiro atoms. The first-order valence-electron chi connectivity index (χ1n) is 9.28. The highest BCUT2D eigenvalue weighted by atomic mass is 31.0. The number of rotatable bonds is 16. The van der Waals surface area contributed by atoms with Gasteiger partial charge in [-0.05, 0) is 12.8 Å². The van der Waals surface area contributed by atoms with Gasteiger partial charge >= 0.3 is 0 Å². The molecule has 1 atom stereocenters. The van der Waals surface area contributed by atoms with E-state index in [2.05, 4.69) is 28.1 Å². The van der Waals surface area contributed by atoms with Gasteiger partial charge in [-0.15, -0.1) is 9.24 Å². The summed E-state index contributed by atoms with van der Waals surface area (Å²) in [7, 11) is 2.65. The Kier molecular flexibility index (Phi) is 19.3. The topological polar surface area (TPSA) is 0 Å². The van der Waals surface area contributed by atoms with Crippen molar-refractivity contribution in [2.45, 2.75) is 110 Å². The Bertz CT molecular complexity index is 186. The Labute approximate surface area is 131 Å². The molecule has 0 rings (SSSR count). The highest BCUT2D eigenvalue weighted by molar-refractivity contribution is 7.20. The van der Waals surface area contributed by atoms with Crippen molar-refractivity contribution in [3.8, 4) is 0 Å². The van der Waals surface area contributed by atoms with E-state index in [4.69, 9.17) is 0 Å². The van der Waals surface area contributed by atoms with Gasteiger partial charge in [-0.3, -0.25) is 0 Å². The first-order chi connectivity index (χ1) is 9.91. The molecule has 0 aliphatic carbocycles. The van der Waals surface area contributed by atoms with E-state index in [1.807, 2.05) is 0 Å². The monoisotopic (exact) mass is 298 g/mol. The maximum atomic E-state index is 2.65. The van der Waals surface area contributed by atoms with Crippen LogP contribution in [0.3, 0.4) is 0 Å². The average Bonchev–Trinajstić information content (AvgIpc) is 2.47. The second-order valence-electron chi connectivity index (χ2n) is 6.17. The molecule has 0 aromatic carbocycles. The van der Waals surface area contributed by atoms with Crippen LogP contribution in [0.2, 0.25) is 0 Å². The van der Waals surface area contributed by atoms with Crippen LogP contribution in [0.4, 0.5) is 0 Å². The van der Waals surface area contributed by atoms with Gasteiger partial charge in [0.2, 0.25) is 0 Å². The molecular weight excluding hydrogens is 259 g/mol. The molecular formula is C19H39P. The quantitative estimate of drug-likeness (QED) is 0.203. The fraction of sp³-hybridized carbons (Fsp3) is 0.895. The molecule has 0 aromatic heterocycles. The number of unbranched alkanes of at least 4 members (excludes halogenated alkanes) is 15. The second-order valence-corrected chi connectivity index (χ2v) is 6.55. The van der Waals surface area contributed by atoms with Gasteiger partial charge in [0.1, 0.15) is 0 Å². The third-order valence-corrected chi connectivity index (χ3v) is 4.38. The van der Waals surface area contributed by atoms with E-state index in [-0.39, 0.29) is 0 Å². The molecule has 0 bridgehead atoms. The van der Waals surface area contributed by atoms with E-state index in [0.29, 0.717) is 0 Å². The summed E-state index contributed by atoms with van der Waals surface area (Å²) in [6.07, 6.45) is 25.3. The van der Waals surface area contributed by atoms with Crippen LogP contribution in [0.5, 0.6) is 0 Å². The Balaban J connectivity index is 2.92. The van der Waals surface area contributed by atoms with Crippen LogP contribution in [-0.4, -0.2) is 0 Å². The Morgan fingerprint density at radius 1 is 0.550 bits per heavy atom. The molecule has 0 saturated carbocycles. The van der Waals surface area contributed by atoms with E-state index in [1.54, 1.807) is 0 Å². The van der Waals surface area contributed by atoms with Crippen molar-refractivity contribution < 1.29 is 0 Å². The molecule has 0 aromatic rings. The molecule has 1 heteroatoms. The van der Waals surface area contributed by atoms with Crippen LogP contribution < -0.4 is 0 Å². The van der Waals surface area contributed by atoms with Crippen LogP contribution in [-0.2, 0) is 0 Å². The van der Waals surface area contributed by atoms with Crippen LogP contribution in [0.15, 0.2) is 11.9 Å². The molecule has 20 heavy (non-hydrogen) atoms. The third kappa shape index (κ3) is 18.2. The van der Waals surface area contributed by atoms with E-state index in [9.17, 15) is 0 Å². The number of allylic oxidation sites excluding steroid dienone is 1. The van der Waals surface area contributed by atoms with Gasteiger partial charge in [0.15, 0.2) is 0 Å². The molecule has 120 valence electrons. The minimum Gasteiger partial charge on any atom is -0.114 e. The fourth-order valence-electron chi connectivity index (χ4n) is 2.73. The van der Waals surface area contributed by atoms with E-state index >= 15 is 0 Å². The van der Waals surface area contributed by atoms with E-state index in [0.717, 1.165) is 0 Å².